The molecule has 0 spiro atoms. The molecule has 1 rings (SSSR count). The quantitative estimate of drug-likeness (QED) is 0.601. The monoisotopic (exact) mass is 124 g/mol. The maximum atomic E-state index is 10.0. The Kier molecular flexibility index (Phi) is 1.53. The molecule has 0 atom stereocenters. The maximum absolute atomic E-state index is 10.0. The van der Waals surface area contributed by atoms with Gasteiger partial charge in [-0.1, -0.05) is 0 Å². The molecule has 0 amide bonds. The SMILES string of the molecule is O=C(O)Cc1[c]c[nH]c1. The standard InChI is InChI=1S/C6H6NO2/c8-6(9)3-5-1-2-7-4-5/h2,4,7H,3H2,(H,8,9). The zero-order valence-corrected chi connectivity index (χ0v) is 4.72. The Hall–Kier alpha value is -1.25. The fourth-order valence-electron chi connectivity index (χ4n) is 0.583. The van der Waals surface area contributed by atoms with E-state index in [1.165, 1.54) is 0 Å². The Morgan fingerprint density at radius 2 is 2.67 bits per heavy atom. The summed E-state index contributed by atoms with van der Waals surface area (Å²) in [6, 6.07) is 2.73. The molecule has 0 saturated carbocycles. The predicted octanol–water partition coefficient (Wildman–Crippen LogP) is 0.442. The first-order valence-corrected chi connectivity index (χ1v) is 2.54. The number of carbonyl (C=O) groups is 1. The van der Waals surface area contributed by atoms with Crippen molar-refractivity contribution >= 4 is 5.97 Å². The summed E-state index contributed by atoms with van der Waals surface area (Å²) in [7, 11) is 0. The third-order valence-corrected chi connectivity index (χ3v) is 0.940. The van der Waals surface area contributed by atoms with Gasteiger partial charge in [0.1, 0.15) is 0 Å². The van der Waals surface area contributed by atoms with Gasteiger partial charge in [-0.05, 0) is 5.56 Å². The van der Waals surface area contributed by atoms with E-state index in [-0.39, 0.29) is 6.42 Å². The van der Waals surface area contributed by atoms with Gasteiger partial charge in [-0.15, -0.1) is 0 Å². The van der Waals surface area contributed by atoms with Gasteiger partial charge in [-0.2, -0.15) is 0 Å². The molecule has 1 aromatic rings. The molecule has 0 aliphatic heterocycles. The summed E-state index contributed by atoms with van der Waals surface area (Å²) >= 11 is 0. The molecule has 0 saturated heterocycles. The second-order valence-corrected chi connectivity index (χ2v) is 1.70. The molecule has 3 heteroatoms. The van der Waals surface area contributed by atoms with E-state index in [4.69, 9.17) is 5.11 Å². The number of carboxylic acid groups (broad SMARTS) is 1. The maximum Gasteiger partial charge on any atom is 0.307 e. The fourth-order valence-corrected chi connectivity index (χ4v) is 0.583. The average Bonchev–Trinajstić information content (AvgIpc) is 2.15. The zero-order chi connectivity index (χ0) is 6.69. The van der Waals surface area contributed by atoms with Crippen LogP contribution in [0.3, 0.4) is 0 Å². The van der Waals surface area contributed by atoms with Crippen LogP contribution < -0.4 is 0 Å². The Morgan fingerprint density at radius 1 is 1.89 bits per heavy atom. The summed E-state index contributed by atoms with van der Waals surface area (Å²) in [5.74, 6) is -0.828. The van der Waals surface area contributed by atoms with Crippen molar-refractivity contribution in [1.82, 2.24) is 4.98 Å². The van der Waals surface area contributed by atoms with Gasteiger partial charge >= 0.3 is 5.97 Å². The molecule has 1 heterocycles. The smallest absolute Gasteiger partial charge is 0.307 e. The van der Waals surface area contributed by atoms with Crippen LogP contribution in [0.25, 0.3) is 0 Å². The van der Waals surface area contributed by atoms with Crippen molar-refractivity contribution < 1.29 is 9.90 Å². The normalized spacial score (nSPS) is 9.33. The van der Waals surface area contributed by atoms with Gasteiger partial charge in [0.2, 0.25) is 0 Å². The minimum absolute atomic E-state index is 0.0451. The Labute approximate surface area is 52.3 Å². The van der Waals surface area contributed by atoms with Crippen molar-refractivity contribution in [2.75, 3.05) is 0 Å². The molecular weight excluding hydrogens is 118 g/mol. The molecule has 3 nitrogen and oxygen atoms in total. The van der Waals surface area contributed by atoms with E-state index >= 15 is 0 Å². The van der Waals surface area contributed by atoms with E-state index < -0.39 is 5.97 Å². The van der Waals surface area contributed by atoms with Gasteiger partial charge < -0.3 is 10.1 Å². The number of aromatic amines is 1. The largest absolute Gasteiger partial charge is 0.481 e. The van der Waals surface area contributed by atoms with Crippen LogP contribution in [0.1, 0.15) is 5.56 Å². The van der Waals surface area contributed by atoms with Crippen LogP contribution in [0.5, 0.6) is 0 Å². The lowest BCUT2D eigenvalue weighted by molar-refractivity contribution is -0.136. The molecule has 1 radical (unpaired) electrons. The second-order valence-electron chi connectivity index (χ2n) is 1.70. The molecule has 0 fully saturated rings. The van der Waals surface area contributed by atoms with E-state index in [2.05, 4.69) is 11.1 Å². The summed E-state index contributed by atoms with van der Waals surface area (Å²) in [5, 5.41) is 8.25. The summed E-state index contributed by atoms with van der Waals surface area (Å²) < 4.78 is 0. The fraction of sp³-hybridized carbons (Fsp3) is 0.167. The van der Waals surface area contributed by atoms with Crippen LogP contribution in [0.4, 0.5) is 0 Å². The lowest BCUT2D eigenvalue weighted by Gasteiger charge is -1.84. The Bertz CT molecular complexity index is 191. The molecule has 47 valence electrons. The van der Waals surface area contributed by atoms with Crippen molar-refractivity contribution in [2.45, 2.75) is 6.42 Å². The highest BCUT2D eigenvalue weighted by atomic mass is 16.4. The van der Waals surface area contributed by atoms with Crippen molar-refractivity contribution in [1.29, 1.82) is 0 Å². The van der Waals surface area contributed by atoms with Crippen LogP contribution in [0.2, 0.25) is 0 Å². The van der Waals surface area contributed by atoms with Crippen LogP contribution >= 0.6 is 0 Å². The average molecular weight is 124 g/mol. The van der Waals surface area contributed by atoms with E-state index in [1.807, 2.05) is 0 Å². The first kappa shape index (κ1) is 5.88. The Balaban J connectivity index is 2.58. The van der Waals surface area contributed by atoms with Gasteiger partial charge in [0.25, 0.3) is 0 Å². The highest BCUT2D eigenvalue weighted by Gasteiger charge is 1.98. The third-order valence-electron chi connectivity index (χ3n) is 0.940. The van der Waals surface area contributed by atoms with Crippen molar-refractivity contribution in [3.05, 3.63) is 24.0 Å². The van der Waals surface area contributed by atoms with E-state index in [1.54, 1.807) is 12.4 Å². The van der Waals surface area contributed by atoms with Gasteiger partial charge in [-0.3, -0.25) is 4.79 Å². The Morgan fingerprint density at radius 3 is 3.11 bits per heavy atom. The van der Waals surface area contributed by atoms with Crippen LogP contribution in [-0.4, -0.2) is 16.1 Å². The highest BCUT2D eigenvalue weighted by Crippen LogP contribution is 1.95. The van der Waals surface area contributed by atoms with Crippen molar-refractivity contribution in [3.63, 3.8) is 0 Å². The lowest BCUT2D eigenvalue weighted by atomic mass is 10.2. The molecule has 1 aromatic heterocycles. The number of aliphatic carboxylic acids is 1. The lowest BCUT2D eigenvalue weighted by Crippen LogP contribution is -1.97. The van der Waals surface area contributed by atoms with Crippen LogP contribution in [-0.2, 0) is 11.2 Å². The van der Waals surface area contributed by atoms with Crippen molar-refractivity contribution in [3.8, 4) is 0 Å². The number of rotatable bonds is 2. The molecule has 0 aromatic carbocycles. The molecule has 0 unspecified atom stereocenters. The number of hydrogen-bond donors (Lipinski definition) is 2. The number of carboxylic acids is 1. The van der Waals surface area contributed by atoms with Crippen LogP contribution in [0.15, 0.2) is 12.4 Å². The van der Waals surface area contributed by atoms with Gasteiger partial charge in [0.05, 0.1) is 6.42 Å². The molecule has 0 aliphatic rings. The first-order valence-electron chi connectivity index (χ1n) is 2.54. The number of aromatic nitrogens is 1. The minimum Gasteiger partial charge on any atom is -0.481 e. The molecule has 0 bridgehead atoms. The van der Waals surface area contributed by atoms with E-state index in [0.717, 1.165) is 0 Å². The number of nitrogens with one attached hydrogen (secondary N) is 1. The van der Waals surface area contributed by atoms with Gasteiger partial charge in [-0.25, -0.2) is 0 Å². The second kappa shape index (κ2) is 2.35. The molecule has 2 N–H and O–H groups in total. The third kappa shape index (κ3) is 1.60. The summed E-state index contributed by atoms with van der Waals surface area (Å²) in [4.78, 5) is 12.7. The summed E-state index contributed by atoms with van der Waals surface area (Å²) in [6.07, 6.45) is 3.25. The highest BCUT2D eigenvalue weighted by molar-refractivity contribution is 5.69. The summed E-state index contributed by atoms with van der Waals surface area (Å²) in [6.45, 7) is 0. The molecule has 0 aliphatic carbocycles. The molecule has 9 heavy (non-hydrogen) atoms. The van der Waals surface area contributed by atoms with E-state index in [9.17, 15) is 4.79 Å². The number of hydrogen-bond acceptors (Lipinski definition) is 1. The van der Waals surface area contributed by atoms with E-state index in [0.29, 0.717) is 5.56 Å². The predicted molar refractivity (Wildman–Crippen MR) is 31.0 cm³/mol. The zero-order valence-electron chi connectivity index (χ0n) is 4.72. The van der Waals surface area contributed by atoms with Gasteiger partial charge in [0, 0.05) is 18.5 Å². The van der Waals surface area contributed by atoms with Gasteiger partial charge in [0.15, 0.2) is 0 Å². The van der Waals surface area contributed by atoms with Crippen LogP contribution in [0, 0.1) is 6.07 Å². The summed E-state index contributed by atoms with van der Waals surface area (Å²) in [5.41, 5.74) is 0.683. The first-order chi connectivity index (χ1) is 4.29. The molecular formula is C6H6NO2. The minimum atomic E-state index is -0.828. The topological polar surface area (TPSA) is 53.1 Å². The van der Waals surface area contributed by atoms with Crippen molar-refractivity contribution in [2.24, 2.45) is 0 Å². The number of H-pyrrole nitrogens is 1.